The van der Waals surface area contributed by atoms with E-state index in [2.05, 4.69) is 34.6 Å². The molecule has 1 aromatic heterocycles. The van der Waals surface area contributed by atoms with Crippen LogP contribution >= 0.6 is 11.3 Å². The first-order valence-corrected chi connectivity index (χ1v) is 11.6. The van der Waals surface area contributed by atoms with Gasteiger partial charge in [0.2, 0.25) is 0 Å². The summed E-state index contributed by atoms with van der Waals surface area (Å²) in [5.74, 6) is 2.60. The SMILES string of the molecule is CC.N=Cc1c(N)ccc2c1C1C3CCC(C3)[C@H]1[C@H](c1ccc3ncsc3c1)N2. The van der Waals surface area contributed by atoms with Gasteiger partial charge in [-0.15, -0.1) is 11.3 Å². The minimum Gasteiger partial charge on any atom is -0.398 e. The van der Waals surface area contributed by atoms with Crippen LogP contribution in [0.1, 0.15) is 61.8 Å². The number of benzene rings is 2. The molecule has 29 heavy (non-hydrogen) atoms. The summed E-state index contributed by atoms with van der Waals surface area (Å²) in [6, 6.07) is 11.1. The maximum Gasteiger partial charge on any atom is 0.0812 e. The number of aromatic nitrogens is 1. The van der Waals surface area contributed by atoms with Crippen molar-refractivity contribution in [2.45, 2.75) is 45.1 Å². The zero-order valence-corrected chi connectivity index (χ0v) is 17.8. The van der Waals surface area contributed by atoms with Gasteiger partial charge >= 0.3 is 0 Å². The van der Waals surface area contributed by atoms with Crippen LogP contribution in [0.25, 0.3) is 10.2 Å². The van der Waals surface area contributed by atoms with Crippen LogP contribution in [0, 0.1) is 23.2 Å². The lowest BCUT2D eigenvalue weighted by molar-refractivity contribution is 0.247. The van der Waals surface area contributed by atoms with Crippen molar-refractivity contribution >= 4 is 39.1 Å². The minimum atomic E-state index is 0.325. The second-order valence-corrected chi connectivity index (χ2v) is 9.20. The van der Waals surface area contributed by atoms with Crippen LogP contribution in [0.4, 0.5) is 11.4 Å². The molecular formula is C24H28N4S. The Balaban J connectivity index is 0.000000882. The van der Waals surface area contributed by atoms with Crippen molar-refractivity contribution in [3.05, 3.63) is 52.5 Å². The van der Waals surface area contributed by atoms with Gasteiger partial charge in [-0.25, -0.2) is 4.98 Å². The molecule has 0 saturated heterocycles. The summed E-state index contributed by atoms with van der Waals surface area (Å²) in [4.78, 5) is 4.44. The Morgan fingerprint density at radius 3 is 2.83 bits per heavy atom. The molecule has 3 aliphatic rings. The molecule has 5 atom stereocenters. The molecule has 4 nitrogen and oxygen atoms in total. The second-order valence-electron chi connectivity index (χ2n) is 8.31. The third-order valence-corrected chi connectivity index (χ3v) is 7.98. The fraction of sp³-hybridized carbons (Fsp3) is 0.417. The molecule has 2 fully saturated rings. The molecule has 2 aliphatic carbocycles. The monoisotopic (exact) mass is 404 g/mol. The molecular weight excluding hydrogens is 376 g/mol. The van der Waals surface area contributed by atoms with E-state index in [1.54, 1.807) is 11.3 Å². The van der Waals surface area contributed by atoms with Crippen molar-refractivity contribution in [3.63, 3.8) is 0 Å². The number of hydrogen-bond acceptors (Lipinski definition) is 5. The van der Waals surface area contributed by atoms with E-state index in [4.69, 9.17) is 11.1 Å². The molecule has 1 aliphatic heterocycles. The Kier molecular flexibility index (Phi) is 4.58. The van der Waals surface area contributed by atoms with Crippen LogP contribution in [0.3, 0.4) is 0 Å². The molecule has 2 heterocycles. The largest absolute Gasteiger partial charge is 0.398 e. The van der Waals surface area contributed by atoms with Crippen LogP contribution in [0.15, 0.2) is 35.8 Å². The highest BCUT2D eigenvalue weighted by atomic mass is 32.1. The van der Waals surface area contributed by atoms with Crippen LogP contribution < -0.4 is 11.1 Å². The smallest absolute Gasteiger partial charge is 0.0812 e. The lowest BCUT2D eigenvalue weighted by Crippen LogP contribution is -2.36. The third kappa shape index (κ3) is 2.71. The highest BCUT2D eigenvalue weighted by Gasteiger charge is 2.54. The highest BCUT2D eigenvalue weighted by Crippen LogP contribution is 2.64. The van der Waals surface area contributed by atoms with Gasteiger partial charge in [0.05, 0.1) is 21.8 Å². The molecule has 3 aromatic rings. The van der Waals surface area contributed by atoms with Gasteiger partial charge in [0.1, 0.15) is 0 Å². The van der Waals surface area contributed by atoms with E-state index in [-0.39, 0.29) is 0 Å². The highest BCUT2D eigenvalue weighted by molar-refractivity contribution is 7.16. The van der Waals surface area contributed by atoms with E-state index < -0.39 is 0 Å². The van der Waals surface area contributed by atoms with Gasteiger partial charge < -0.3 is 16.5 Å². The molecule has 2 aromatic carbocycles. The summed E-state index contributed by atoms with van der Waals surface area (Å²) >= 11 is 1.71. The predicted molar refractivity (Wildman–Crippen MR) is 123 cm³/mol. The van der Waals surface area contributed by atoms with Crippen molar-refractivity contribution in [2.75, 3.05) is 11.1 Å². The number of thiazole rings is 1. The number of fused-ring (bicyclic) bond motifs is 8. The number of anilines is 2. The maximum absolute atomic E-state index is 7.96. The molecule has 6 rings (SSSR count). The second kappa shape index (κ2) is 7.13. The number of nitrogens with one attached hydrogen (secondary N) is 2. The lowest BCUT2D eigenvalue weighted by atomic mass is 9.67. The Morgan fingerprint density at radius 1 is 1.17 bits per heavy atom. The minimum absolute atomic E-state index is 0.325. The number of nitrogens with two attached hydrogens (primary N) is 1. The van der Waals surface area contributed by atoms with E-state index in [1.807, 2.05) is 25.4 Å². The summed E-state index contributed by atoms with van der Waals surface area (Å²) in [5.41, 5.74) is 14.8. The van der Waals surface area contributed by atoms with Crippen LogP contribution in [0.2, 0.25) is 0 Å². The molecule has 150 valence electrons. The fourth-order valence-corrected chi connectivity index (χ4v) is 6.90. The maximum atomic E-state index is 7.96. The summed E-state index contributed by atoms with van der Waals surface area (Å²) in [6.07, 6.45) is 5.44. The molecule has 0 spiro atoms. The standard InChI is InChI=1S/C22H22N4S.C2H6/c23-9-14-15(24)4-6-17-21(14)19-11-1-2-12(7-11)20(19)22(26-17)13-3-5-16-18(8-13)27-10-25-16;1-2/h3-6,8-12,19-20,22-23,26H,1-2,7,24H2;1-2H3/t11?,12?,19?,20-,22+;/m1./s1. The summed E-state index contributed by atoms with van der Waals surface area (Å²) in [7, 11) is 0. The molecule has 4 N–H and O–H groups in total. The molecule has 5 heteroatoms. The van der Waals surface area contributed by atoms with Gasteiger partial charge in [0, 0.05) is 23.2 Å². The average Bonchev–Trinajstić information content (AvgIpc) is 3.50. The topological polar surface area (TPSA) is 74.8 Å². The van der Waals surface area contributed by atoms with Crippen LogP contribution in [-0.2, 0) is 0 Å². The lowest BCUT2D eigenvalue weighted by Gasteiger charge is -2.44. The summed E-state index contributed by atoms with van der Waals surface area (Å²) in [5, 5.41) is 11.8. The third-order valence-electron chi connectivity index (χ3n) is 7.19. The summed E-state index contributed by atoms with van der Waals surface area (Å²) < 4.78 is 1.26. The Bertz CT molecular complexity index is 1070. The van der Waals surface area contributed by atoms with E-state index in [0.29, 0.717) is 17.9 Å². The quantitative estimate of drug-likeness (QED) is 0.352. The first kappa shape index (κ1) is 18.6. The first-order valence-electron chi connectivity index (χ1n) is 10.8. The number of nitrogens with zero attached hydrogens (tertiary/aromatic N) is 1. The van der Waals surface area contributed by atoms with E-state index in [0.717, 1.165) is 28.6 Å². The van der Waals surface area contributed by atoms with Crippen LogP contribution in [0.5, 0.6) is 0 Å². The average molecular weight is 405 g/mol. The number of rotatable bonds is 2. The van der Waals surface area contributed by atoms with Crippen molar-refractivity contribution in [1.29, 1.82) is 5.41 Å². The molecule has 0 amide bonds. The number of hydrogen-bond donors (Lipinski definition) is 3. The zero-order chi connectivity index (χ0) is 20.1. The van der Waals surface area contributed by atoms with E-state index in [9.17, 15) is 0 Å². The van der Waals surface area contributed by atoms with Crippen molar-refractivity contribution in [2.24, 2.45) is 17.8 Å². The zero-order valence-electron chi connectivity index (χ0n) is 17.0. The normalized spacial score (nSPS) is 28.8. The van der Waals surface area contributed by atoms with Crippen molar-refractivity contribution in [1.82, 2.24) is 4.98 Å². The van der Waals surface area contributed by atoms with Gasteiger partial charge in [-0.3, -0.25) is 0 Å². The Labute approximate surface area is 176 Å². The van der Waals surface area contributed by atoms with Gasteiger partial charge in [0.25, 0.3) is 0 Å². The van der Waals surface area contributed by atoms with E-state index in [1.165, 1.54) is 47.0 Å². The fourth-order valence-electron chi connectivity index (χ4n) is 6.18. The Morgan fingerprint density at radius 2 is 2.00 bits per heavy atom. The van der Waals surface area contributed by atoms with Gasteiger partial charge in [-0.05, 0) is 78.3 Å². The number of nitrogen functional groups attached to an aromatic ring is 1. The summed E-state index contributed by atoms with van der Waals surface area (Å²) in [6.45, 7) is 4.00. The van der Waals surface area contributed by atoms with Gasteiger partial charge in [-0.2, -0.15) is 0 Å². The van der Waals surface area contributed by atoms with Gasteiger partial charge in [0.15, 0.2) is 0 Å². The van der Waals surface area contributed by atoms with Crippen molar-refractivity contribution < 1.29 is 0 Å². The van der Waals surface area contributed by atoms with E-state index >= 15 is 0 Å². The molecule has 2 saturated carbocycles. The van der Waals surface area contributed by atoms with Gasteiger partial charge in [-0.1, -0.05) is 19.9 Å². The van der Waals surface area contributed by atoms with Crippen LogP contribution in [-0.4, -0.2) is 11.2 Å². The van der Waals surface area contributed by atoms with Crippen molar-refractivity contribution in [3.8, 4) is 0 Å². The first-order chi connectivity index (χ1) is 14.2. The predicted octanol–water partition coefficient (Wildman–Crippen LogP) is 6.20. The molecule has 0 radical (unpaired) electrons. The molecule has 2 bridgehead atoms. The Hall–Kier alpha value is -2.40. The molecule has 3 unspecified atom stereocenters.